The standard InChI is InChI=1S/C25H28N4O3/c1-30-23-15-20-22(16-24(23)31-13-5-12-29-10-3-2-4-11-29)27-17-28-25(20)32-19-7-6-18-8-9-26-21(18)14-19/h6-9,14-17,26H,2-5,10-13H2,1H3. The highest BCUT2D eigenvalue weighted by atomic mass is 16.5. The summed E-state index contributed by atoms with van der Waals surface area (Å²) in [5.41, 5.74) is 1.77. The van der Waals surface area contributed by atoms with Crippen LogP contribution in [0.4, 0.5) is 0 Å². The maximum Gasteiger partial charge on any atom is 0.230 e. The van der Waals surface area contributed by atoms with Crippen LogP contribution in [0.2, 0.25) is 0 Å². The summed E-state index contributed by atoms with van der Waals surface area (Å²) in [6.07, 6.45) is 8.38. The third-order valence-electron chi connectivity index (χ3n) is 5.95. The highest BCUT2D eigenvalue weighted by molar-refractivity contribution is 5.87. The fraction of sp³-hybridized carbons (Fsp3) is 0.360. The summed E-state index contributed by atoms with van der Waals surface area (Å²) in [4.78, 5) is 14.5. The van der Waals surface area contributed by atoms with Gasteiger partial charge in [0.1, 0.15) is 12.1 Å². The number of piperidine rings is 1. The second-order valence-electron chi connectivity index (χ2n) is 8.13. The predicted molar refractivity (Wildman–Crippen MR) is 125 cm³/mol. The topological polar surface area (TPSA) is 72.5 Å². The Morgan fingerprint density at radius 2 is 1.91 bits per heavy atom. The Bertz CT molecular complexity index is 1200. The van der Waals surface area contributed by atoms with Gasteiger partial charge in [0.05, 0.1) is 24.6 Å². The average molecular weight is 433 g/mol. The van der Waals surface area contributed by atoms with Crippen LogP contribution in [-0.4, -0.2) is 53.2 Å². The minimum absolute atomic E-state index is 0.482. The minimum Gasteiger partial charge on any atom is -0.493 e. The summed E-state index contributed by atoms with van der Waals surface area (Å²) in [5, 5.41) is 1.91. The van der Waals surface area contributed by atoms with Crippen LogP contribution in [0.3, 0.4) is 0 Å². The van der Waals surface area contributed by atoms with Crippen molar-refractivity contribution in [2.24, 2.45) is 0 Å². The molecular weight excluding hydrogens is 404 g/mol. The number of fused-ring (bicyclic) bond motifs is 2. The fourth-order valence-corrected chi connectivity index (χ4v) is 4.25. The van der Waals surface area contributed by atoms with E-state index in [9.17, 15) is 0 Å². The number of aromatic nitrogens is 3. The van der Waals surface area contributed by atoms with E-state index in [0.29, 0.717) is 29.7 Å². The molecule has 2 aromatic carbocycles. The Morgan fingerprint density at radius 3 is 2.78 bits per heavy atom. The highest BCUT2D eigenvalue weighted by Gasteiger charge is 2.14. The van der Waals surface area contributed by atoms with Gasteiger partial charge in [-0.3, -0.25) is 0 Å². The molecule has 1 saturated heterocycles. The van der Waals surface area contributed by atoms with E-state index in [2.05, 4.69) is 19.9 Å². The molecule has 7 heteroatoms. The van der Waals surface area contributed by atoms with Crippen LogP contribution in [0.25, 0.3) is 21.8 Å². The number of aromatic amines is 1. The zero-order valence-electron chi connectivity index (χ0n) is 18.3. The lowest BCUT2D eigenvalue weighted by molar-refractivity contribution is 0.203. The third kappa shape index (κ3) is 4.48. The van der Waals surface area contributed by atoms with Gasteiger partial charge in [0.2, 0.25) is 5.88 Å². The lowest BCUT2D eigenvalue weighted by Gasteiger charge is -2.26. The first-order valence-electron chi connectivity index (χ1n) is 11.2. The van der Waals surface area contributed by atoms with E-state index in [-0.39, 0.29) is 0 Å². The van der Waals surface area contributed by atoms with Crippen molar-refractivity contribution < 1.29 is 14.2 Å². The van der Waals surface area contributed by atoms with Crippen molar-refractivity contribution in [2.45, 2.75) is 25.7 Å². The molecule has 0 bridgehead atoms. The molecule has 3 heterocycles. The van der Waals surface area contributed by atoms with Gasteiger partial charge in [0.15, 0.2) is 11.5 Å². The summed E-state index contributed by atoms with van der Waals surface area (Å²) in [7, 11) is 1.64. The number of hydrogen-bond acceptors (Lipinski definition) is 6. The first kappa shape index (κ1) is 20.6. The molecule has 0 saturated carbocycles. The molecule has 7 nitrogen and oxygen atoms in total. The molecule has 2 aromatic heterocycles. The number of nitrogens with one attached hydrogen (secondary N) is 1. The molecule has 5 rings (SSSR count). The average Bonchev–Trinajstić information content (AvgIpc) is 3.30. The largest absolute Gasteiger partial charge is 0.493 e. The van der Waals surface area contributed by atoms with E-state index in [1.165, 1.54) is 38.7 Å². The van der Waals surface area contributed by atoms with Crippen molar-refractivity contribution in [3.63, 3.8) is 0 Å². The molecular formula is C25H28N4O3. The molecule has 1 aliphatic rings. The Balaban J connectivity index is 1.32. The summed E-state index contributed by atoms with van der Waals surface area (Å²) in [5.74, 6) is 2.53. The van der Waals surface area contributed by atoms with Crippen LogP contribution >= 0.6 is 0 Å². The zero-order chi connectivity index (χ0) is 21.8. The second kappa shape index (κ2) is 9.44. The van der Waals surface area contributed by atoms with E-state index in [1.807, 2.05) is 42.6 Å². The van der Waals surface area contributed by atoms with Gasteiger partial charge >= 0.3 is 0 Å². The molecule has 0 spiro atoms. The molecule has 0 unspecified atom stereocenters. The van der Waals surface area contributed by atoms with Crippen LogP contribution in [0.15, 0.2) is 48.9 Å². The van der Waals surface area contributed by atoms with Crippen LogP contribution in [0.1, 0.15) is 25.7 Å². The van der Waals surface area contributed by atoms with Crippen molar-refractivity contribution in [1.29, 1.82) is 0 Å². The van der Waals surface area contributed by atoms with E-state index in [0.717, 1.165) is 34.8 Å². The first-order valence-corrected chi connectivity index (χ1v) is 11.2. The maximum atomic E-state index is 6.10. The molecule has 32 heavy (non-hydrogen) atoms. The number of nitrogens with zero attached hydrogens (tertiary/aromatic N) is 3. The zero-order valence-corrected chi connectivity index (χ0v) is 18.3. The van der Waals surface area contributed by atoms with Crippen molar-refractivity contribution >= 4 is 21.8 Å². The number of likely N-dealkylation sites (tertiary alicyclic amines) is 1. The minimum atomic E-state index is 0.482. The molecule has 1 fully saturated rings. The SMILES string of the molecule is COc1cc2c(Oc3ccc4cc[nH]c4c3)ncnc2cc1OCCCN1CCCCC1. The normalized spacial score (nSPS) is 14.7. The van der Waals surface area contributed by atoms with Gasteiger partial charge in [0.25, 0.3) is 0 Å². The Hall–Kier alpha value is -3.32. The smallest absolute Gasteiger partial charge is 0.230 e. The summed E-state index contributed by atoms with van der Waals surface area (Å²) < 4.78 is 17.8. The van der Waals surface area contributed by atoms with Gasteiger partial charge in [-0.15, -0.1) is 0 Å². The lowest BCUT2D eigenvalue weighted by atomic mass is 10.1. The number of H-pyrrole nitrogens is 1. The van der Waals surface area contributed by atoms with Crippen molar-refractivity contribution in [1.82, 2.24) is 19.9 Å². The highest BCUT2D eigenvalue weighted by Crippen LogP contribution is 2.36. The van der Waals surface area contributed by atoms with E-state index < -0.39 is 0 Å². The molecule has 166 valence electrons. The van der Waals surface area contributed by atoms with Crippen LogP contribution in [0, 0.1) is 0 Å². The fourth-order valence-electron chi connectivity index (χ4n) is 4.25. The van der Waals surface area contributed by atoms with E-state index in [1.54, 1.807) is 7.11 Å². The van der Waals surface area contributed by atoms with E-state index >= 15 is 0 Å². The van der Waals surface area contributed by atoms with Gasteiger partial charge in [-0.2, -0.15) is 0 Å². The monoisotopic (exact) mass is 432 g/mol. The summed E-state index contributed by atoms with van der Waals surface area (Å²) >= 11 is 0. The molecule has 1 aliphatic heterocycles. The van der Waals surface area contributed by atoms with Crippen molar-refractivity contribution in [2.75, 3.05) is 33.4 Å². The molecule has 0 amide bonds. The Morgan fingerprint density at radius 1 is 1.00 bits per heavy atom. The van der Waals surface area contributed by atoms with Crippen LogP contribution < -0.4 is 14.2 Å². The van der Waals surface area contributed by atoms with E-state index in [4.69, 9.17) is 14.2 Å². The quantitative estimate of drug-likeness (QED) is 0.388. The second-order valence-corrected chi connectivity index (χ2v) is 8.13. The molecule has 0 radical (unpaired) electrons. The molecule has 1 N–H and O–H groups in total. The van der Waals surface area contributed by atoms with Gasteiger partial charge < -0.3 is 24.1 Å². The van der Waals surface area contributed by atoms with Gasteiger partial charge in [-0.1, -0.05) is 6.42 Å². The number of methoxy groups -OCH3 is 1. The first-order chi connectivity index (χ1) is 15.8. The number of rotatable bonds is 8. The number of ether oxygens (including phenoxy) is 3. The predicted octanol–water partition coefficient (Wildman–Crippen LogP) is 5.17. The summed E-state index contributed by atoms with van der Waals surface area (Å²) in [6.45, 7) is 4.12. The van der Waals surface area contributed by atoms with Crippen molar-refractivity contribution in [3.05, 3.63) is 48.9 Å². The van der Waals surface area contributed by atoms with Crippen LogP contribution in [-0.2, 0) is 0 Å². The Labute approximate surface area is 187 Å². The number of benzene rings is 2. The van der Waals surface area contributed by atoms with Crippen molar-refractivity contribution in [3.8, 4) is 23.1 Å². The van der Waals surface area contributed by atoms with Gasteiger partial charge in [-0.25, -0.2) is 9.97 Å². The lowest BCUT2D eigenvalue weighted by Crippen LogP contribution is -2.31. The van der Waals surface area contributed by atoms with Gasteiger partial charge in [0, 0.05) is 30.4 Å². The van der Waals surface area contributed by atoms with Crippen LogP contribution in [0.5, 0.6) is 23.1 Å². The molecule has 0 aliphatic carbocycles. The van der Waals surface area contributed by atoms with Gasteiger partial charge in [-0.05, 0) is 62.0 Å². The molecule has 4 aromatic rings. The Kier molecular flexibility index (Phi) is 6.07. The maximum absolute atomic E-state index is 6.10. The number of hydrogen-bond donors (Lipinski definition) is 1. The third-order valence-corrected chi connectivity index (χ3v) is 5.95. The summed E-state index contributed by atoms with van der Waals surface area (Å²) in [6, 6.07) is 11.7. The molecule has 0 atom stereocenters.